The van der Waals surface area contributed by atoms with Crippen molar-refractivity contribution in [3.63, 3.8) is 0 Å². The predicted octanol–water partition coefficient (Wildman–Crippen LogP) is 18.0. The summed E-state index contributed by atoms with van der Waals surface area (Å²) >= 11 is 0. The second-order valence-electron chi connectivity index (χ2n) is 19.8. The minimum Gasteiger partial charge on any atom is -0.0619 e. The van der Waals surface area contributed by atoms with Crippen LogP contribution in [0.3, 0.4) is 0 Å². The number of hydrogen-bond donors (Lipinski definition) is 0. The number of hydrogen-bond acceptors (Lipinski definition) is 0. The van der Waals surface area contributed by atoms with Crippen LogP contribution in [0.1, 0.15) is 47.2 Å². The van der Waals surface area contributed by atoms with Gasteiger partial charge in [-0.25, -0.2) is 0 Å². The molecule has 0 bridgehead atoms. The van der Waals surface area contributed by atoms with E-state index in [-0.39, 0.29) is 5.41 Å². The van der Waals surface area contributed by atoms with Crippen LogP contribution in [-0.4, -0.2) is 0 Å². The van der Waals surface area contributed by atoms with Crippen molar-refractivity contribution in [2.24, 2.45) is 0 Å². The van der Waals surface area contributed by atoms with E-state index >= 15 is 0 Å². The van der Waals surface area contributed by atoms with Crippen LogP contribution in [0.4, 0.5) is 0 Å². The smallest absolute Gasteiger partial charge is 0.0619 e. The lowest BCUT2D eigenvalue weighted by Crippen LogP contribution is -2.25. The van der Waals surface area contributed by atoms with Crippen molar-refractivity contribution in [3.05, 3.63) is 264 Å². The van der Waals surface area contributed by atoms with Crippen LogP contribution >= 0.6 is 0 Å². The second-order valence-corrected chi connectivity index (χ2v) is 19.8. The van der Waals surface area contributed by atoms with Gasteiger partial charge in [0.25, 0.3) is 0 Å². The van der Waals surface area contributed by atoms with Crippen molar-refractivity contribution < 1.29 is 0 Å². The highest BCUT2D eigenvalue weighted by Crippen LogP contribution is 2.63. The lowest BCUT2D eigenvalue weighted by Gasteiger charge is -2.30. The van der Waals surface area contributed by atoms with Crippen molar-refractivity contribution in [2.45, 2.75) is 24.7 Å². The zero-order valence-corrected chi connectivity index (χ0v) is 37.9. The summed E-state index contributed by atoms with van der Waals surface area (Å²) in [6, 6.07) is 87.3. The molecule has 0 unspecified atom stereocenters. The highest BCUT2D eigenvalue weighted by molar-refractivity contribution is 6.22. The Morgan fingerprint density at radius 1 is 0.235 bits per heavy atom. The lowest BCUT2D eigenvalue weighted by atomic mass is 9.70. The SMILES string of the molecule is CC1(C)c2ccc(-c3ccc(-c4c5ccccc5c(-c5ccc6c(c5)C5(c7ccccc7-c7ccccc75)c5ccccc5-6)c5ccccc45)cc3)cc2-c2c1c1ccccc1c1ccccc21. The summed E-state index contributed by atoms with van der Waals surface area (Å²) in [5.41, 5.74) is 23.3. The Morgan fingerprint density at radius 2 is 0.618 bits per heavy atom. The first-order valence-electron chi connectivity index (χ1n) is 24.1. The average molecular weight is 861 g/mol. The van der Waals surface area contributed by atoms with Gasteiger partial charge in [0, 0.05) is 5.41 Å². The Labute approximate surface area is 396 Å². The molecular formula is C68H44. The number of rotatable bonds is 3. The molecule has 0 amide bonds. The molecule has 0 aromatic heterocycles. The Morgan fingerprint density at radius 3 is 1.16 bits per heavy atom. The molecule has 3 aliphatic carbocycles. The molecule has 0 radical (unpaired) electrons. The van der Waals surface area contributed by atoms with Crippen LogP contribution in [0.2, 0.25) is 0 Å². The molecule has 0 nitrogen and oxygen atoms in total. The first-order chi connectivity index (χ1) is 33.5. The summed E-state index contributed by atoms with van der Waals surface area (Å²) in [7, 11) is 0. The maximum atomic E-state index is 2.54. The molecule has 3 aliphatic rings. The van der Waals surface area contributed by atoms with Crippen molar-refractivity contribution in [1.82, 2.24) is 0 Å². The average Bonchev–Trinajstić information content (AvgIpc) is 3.96. The summed E-state index contributed by atoms with van der Waals surface area (Å²) in [5.74, 6) is 0. The molecule has 0 heterocycles. The highest BCUT2D eigenvalue weighted by atomic mass is 14.5. The third kappa shape index (κ3) is 4.79. The zero-order chi connectivity index (χ0) is 44.9. The third-order valence-electron chi connectivity index (χ3n) is 16.2. The van der Waals surface area contributed by atoms with Crippen LogP contribution < -0.4 is 0 Å². The van der Waals surface area contributed by atoms with Crippen LogP contribution in [0.5, 0.6) is 0 Å². The first-order valence-corrected chi connectivity index (χ1v) is 24.1. The maximum absolute atomic E-state index is 2.54. The van der Waals surface area contributed by atoms with Crippen molar-refractivity contribution >= 4 is 43.1 Å². The normalized spacial score (nSPS) is 14.3. The second kappa shape index (κ2) is 13.6. The van der Waals surface area contributed by atoms with Crippen molar-refractivity contribution in [1.29, 1.82) is 0 Å². The standard InChI is InChI=1S/C68H44/c1-67(2)58-38-36-43(39-57(58)65-51-22-5-3-17-45(51)46-18-4-10-27-56(46)66(65)67)41-31-33-42(34-32-41)63-52-23-6-8-25-54(52)64(55-26-9-7-24-53(55)63)44-35-37-50-49-21-13-16-30-61(49)68(62(50)40-44)59-28-14-11-19-47(59)48-20-12-15-29-60(48)68/h3-40H,1-2H3. The van der Waals surface area contributed by atoms with E-state index in [0.29, 0.717) is 0 Å². The topological polar surface area (TPSA) is 0 Å². The van der Waals surface area contributed by atoms with Crippen LogP contribution in [-0.2, 0) is 10.8 Å². The van der Waals surface area contributed by atoms with Gasteiger partial charge in [0.2, 0.25) is 0 Å². The Balaban J connectivity index is 0.891. The fourth-order valence-corrected chi connectivity index (χ4v) is 13.5. The molecule has 1 spiro atoms. The summed E-state index contributed by atoms with van der Waals surface area (Å²) < 4.78 is 0. The van der Waals surface area contributed by atoms with Gasteiger partial charge < -0.3 is 0 Å². The van der Waals surface area contributed by atoms with Gasteiger partial charge >= 0.3 is 0 Å². The van der Waals surface area contributed by atoms with Crippen LogP contribution in [0, 0.1) is 0 Å². The molecule has 68 heavy (non-hydrogen) atoms. The minimum atomic E-state index is -0.400. The van der Waals surface area contributed by atoms with E-state index in [1.54, 1.807) is 0 Å². The van der Waals surface area contributed by atoms with E-state index in [1.807, 2.05) is 0 Å². The molecule has 12 aromatic rings. The molecule has 0 atom stereocenters. The largest absolute Gasteiger partial charge is 0.0725 e. The molecule has 316 valence electrons. The Kier molecular flexibility index (Phi) is 7.59. The van der Waals surface area contributed by atoms with Gasteiger partial charge in [-0.1, -0.05) is 232 Å². The molecule has 0 aliphatic heterocycles. The van der Waals surface area contributed by atoms with Gasteiger partial charge in [0.15, 0.2) is 0 Å². The molecule has 0 saturated heterocycles. The van der Waals surface area contributed by atoms with E-state index in [1.165, 1.54) is 143 Å². The van der Waals surface area contributed by atoms with Gasteiger partial charge in [-0.15, -0.1) is 0 Å². The summed E-state index contributed by atoms with van der Waals surface area (Å²) in [6.07, 6.45) is 0. The van der Waals surface area contributed by atoms with Gasteiger partial charge in [-0.2, -0.15) is 0 Å². The molecule has 0 fully saturated rings. The predicted molar refractivity (Wildman–Crippen MR) is 287 cm³/mol. The molecule has 0 heteroatoms. The van der Waals surface area contributed by atoms with E-state index in [0.717, 1.165) is 0 Å². The number of fused-ring (bicyclic) bond motifs is 20. The molecule has 12 aromatic carbocycles. The summed E-state index contributed by atoms with van der Waals surface area (Å²) in [4.78, 5) is 0. The Hall–Kier alpha value is -8.32. The van der Waals surface area contributed by atoms with Crippen molar-refractivity contribution in [3.8, 4) is 66.8 Å². The van der Waals surface area contributed by atoms with Crippen LogP contribution in [0.15, 0.2) is 231 Å². The third-order valence-corrected chi connectivity index (χ3v) is 16.2. The zero-order valence-electron chi connectivity index (χ0n) is 37.9. The number of benzene rings is 12. The molecular weight excluding hydrogens is 817 g/mol. The highest BCUT2D eigenvalue weighted by Gasteiger charge is 2.51. The van der Waals surface area contributed by atoms with E-state index in [4.69, 9.17) is 0 Å². The molecule has 0 N–H and O–H groups in total. The lowest BCUT2D eigenvalue weighted by molar-refractivity contribution is 0.666. The quantitative estimate of drug-likeness (QED) is 0.123. The van der Waals surface area contributed by atoms with Crippen LogP contribution in [0.25, 0.3) is 110 Å². The van der Waals surface area contributed by atoms with E-state index in [2.05, 4.69) is 244 Å². The summed E-state index contributed by atoms with van der Waals surface area (Å²) in [5, 5.41) is 10.4. The first kappa shape index (κ1) is 37.9. The summed E-state index contributed by atoms with van der Waals surface area (Å²) in [6.45, 7) is 4.81. The Bertz CT molecular complexity index is 4040. The van der Waals surface area contributed by atoms with Gasteiger partial charge in [-0.3, -0.25) is 0 Å². The van der Waals surface area contributed by atoms with Crippen molar-refractivity contribution in [2.75, 3.05) is 0 Å². The van der Waals surface area contributed by atoms with E-state index < -0.39 is 5.41 Å². The minimum absolute atomic E-state index is 0.121. The van der Waals surface area contributed by atoms with E-state index in [9.17, 15) is 0 Å². The maximum Gasteiger partial charge on any atom is 0.0725 e. The fraction of sp³-hybridized carbons (Fsp3) is 0.0588. The van der Waals surface area contributed by atoms with Gasteiger partial charge in [-0.05, 0) is 155 Å². The molecule has 0 saturated carbocycles. The van der Waals surface area contributed by atoms with Gasteiger partial charge in [0.05, 0.1) is 5.41 Å². The molecule has 15 rings (SSSR count). The van der Waals surface area contributed by atoms with Gasteiger partial charge in [0.1, 0.15) is 0 Å². The fourth-order valence-electron chi connectivity index (χ4n) is 13.5. The monoisotopic (exact) mass is 860 g/mol.